The second-order valence-corrected chi connectivity index (χ2v) is 8.51. The number of nitrogens with two attached hydrogens (primary N) is 1. The molecular weight excluding hydrogens is 352 g/mol. The van der Waals surface area contributed by atoms with Crippen LogP contribution in [0.4, 0.5) is 0 Å². The summed E-state index contributed by atoms with van der Waals surface area (Å²) in [5.74, 6) is -0.150. The third-order valence-electron chi connectivity index (χ3n) is 4.95. The first kappa shape index (κ1) is 18.8. The van der Waals surface area contributed by atoms with Gasteiger partial charge in [0.25, 0.3) is 0 Å². The van der Waals surface area contributed by atoms with Crippen molar-refractivity contribution in [3.63, 3.8) is 0 Å². The molecule has 2 aromatic rings. The summed E-state index contributed by atoms with van der Waals surface area (Å²) in [6.45, 7) is 4.81. The van der Waals surface area contributed by atoms with Crippen molar-refractivity contribution in [3.8, 4) is 0 Å². The van der Waals surface area contributed by atoms with Crippen molar-refractivity contribution < 1.29 is 13.2 Å². The molecule has 1 aromatic carbocycles. The van der Waals surface area contributed by atoms with Crippen molar-refractivity contribution in [1.29, 1.82) is 0 Å². The van der Waals surface area contributed by atoms with E-state index in [1.54, 1.807) is 29.4 Å². The number of benzene rings is 1. The van der Waals surface area contributed by atoms with Crippen molar-refractivity contribution in [2.24, 2.45) is 5.73 Å². The highest BCUT2D eigenvalue weighted by Gasteiger charge is 2.33. The largest absolute Gasteiger partial charge is 0.340 e. The molecule has 1 saturated heterocycles. The molecule has 140 valence electrons. The number of hydrogen-bond donors (Lipinski definition) is 1. The molecule has 3 rings (SSSR count). The van der Waals surface area contributed by atoms with Crippen LogP contribution in [0.1, 0.15) is 18.9 Å². The SMILES string of the molecule is Cc1cncc2cccc(S(=O)(=O)N3CCN(C(=O)CN)CC[C@H]3C)c12. The Morgan fingerprint density at radius 1 is 1.27 bits per heavy atom. The van der Waals surface area contributed by atoms with E-state index in [2.05, 4.69) is 4.98 Å². The number of carbonyl (C=O) groups excluding carboxylic acids is 1. The summed E-state index contributed by atoms with van der Waals surface area (Å²) < 4.78 is 28.4. The van der Waals surface area contributed by atoms with Crippen LogP contribution in [-0.2, 0) is 14.8 Å². The zero-order chi connectivity index (χ0) is 18.9. The van der Waals surface area contributed by atoms with E-state index in [1.165, 1.54) is 4.31 Å². The first-order valence-corrected chi connectivity index (χ1v) is 10.1. The molecule has 2 heterocycles. The summed E-state index contributed by atoms with van der Waals surface area (Å²) in [6, 6.07) is 5.05. The van der Waals surface area contributed by atoms with Crippen LogP contribution in [0.25, 0.3) is 10.8 Å². The van der Waals surface area contributed by atoms with Crippen molar-refractivity contribution in [3.05, 3.63) is 36.2 Å². The van der Waals surface area contributed by atoms with Crippen LogP contribution in [0, 0.1) is 6.92 Å². The Morgan fingerprint density at radius 2 is 2.04 bits per heavy atom. The summed E-state index contributed by atoms with van der Waals surface area (Å²) in [4.78, 5) is 18.0. The van der Waals surface area contributed by atoms with Gasteiger partial charge < -0.3 is 10.6 Å². The van der Waals surface area contributed by atoms with Crippen molar-refractivity contribution in [2.45, 2.75) is 31.2 Å². The number of aromatic nitrogens is 1. The van der Waals surface area contributed by atoms with Crippen molar-refractivity contribution in [1.82, 2.24) is 14.2 Å². The van der Waals surface area contributed by atoms with Crippen LogP contribution >= 0.6 is 0 Å². The van der Waals surface area contributed by atoms with Gasteiger partial charge in [-0.2, -0.15) is 4.31 Å². The summed E-state index contributed by atoms with van der Waals surface area (Å²) in [5.41, 5.74) is 6.27. The van der Waals surface area contributed by atoms with Crippen molar-refractivity contribution >= 4 is 26.7 Å². The normalized spacial score (nSPS) is 19.5. The molecule has 1 aliphatic heterocycles. The lowest BCUT2D eigenvalue weighted by Gasteiger charge is -2.26. The van der Waals surface area contributed by atoms with E-state index < -0.39 is 10.0 Å². The number of fused-ring (bicyclic) bond motifs is 1. The molecular formula is C18H24N4O3S. The Hall–Kier alpha value is -2.03. The maximum atomic E-state index is 13.4. The maximum Gasteiger partial charge on any atom is 0.244 e. The van der Waals surface area contributed by atoms with Crippen LogP contribution in [0.3, 0.4) is 0 Å². The second kappa shape index (κ2) is 7.30. The third kappa shape index (κ3) is 3.32. The Labute approximate surface area is 153 Å². The summed E-state index contributed by atoms with van der Waals surface area (Å²) in [7, 11) is -3.70. The Bertz CT molecular complexity index is 924. The smallest absolute Gasteiger partial charge is 0.244 e. The van der Waals surface area contributed by atoms with Crippen LogP contribution < -0.4 is 5.73 Å². The van der Waals surface area contributed by atoms with Gasteiger partial charge in [-0.1, -0.05) is 12.1 Å². The fourth-order valence-electron chi connectivity index (χ4n) is 3.49. The second-order valence-electron chi connectivity index (χ2n) is 6.65. The molecule has 1 aromatic heterocycles. The molecule has 0 saturated carbocycles. The lowest BCUT2D eigenvalue weighted by molar-refractivity contribution is -0.129. The average Bonchev–Trinajstić information content (AvgIpc) is 2.83. The maximum absolute atomic E-state index is 13.4. The Kier molecular flexibility index (Phi) is 5.27. The van der Waals surface area contributed by atoms with Gasteiger partial charge in [0, 0.05) is 48.8 Å². The molecule has 0 spiro atoms. The fraction of sp³-hybridized carbons (Fsp3) is 0.444. The number of nitrogens with zero attached hydrogens (tertiary/aromatic N) is 3. The standard InChI is InChI=1S/C18H24N4O3S/c1-13-11-20-12-15-4-3-5-16(18(13)15)26(24,25)22-9-8-21(17(23)10-19)7-6-14(22)2/h3-5,11-12,14H,6-10,19H2,1-2H3/t14-/m1/s1. The van der Waals surface area contributed by atoms with E-state index >= 15 is 0 Å². The van der Waals surface area contributed by atoms with Gasteiger partial charge in [0.05, 0.1) is 11.4 Å². The zero-order valence-electron chi connectivity index (χ0n) is 15.1. The van der Waals surface area contributed by atoms with Gasteiger partial charge in [0.1, 0.15) is 0 Å². The average molecular weight is 376 g/mol. The molecule has 0 unspecified atom stereocenters. The van der Waals surface area contributed by atoms with Crippen LogP contribution in [0.2, 0.25) is 0 Å². The number of amides is 1. The molecule has 1 amide bonds. The van der Waals surface area contributed by atoms with Crippen LogP contribution in [0.15, 0.2) is 35.5 Å². The highest BCUT2D eigenvalue weighted by Crippen LogP contribution is 2.29. The van der Waals surface area contributed by atoms with Crippen LogP contribution in [-0.4, -0.2) is 60.7 Å². The lowest BCUT2D eigenvalue weighted by atomic mass is 10.1. The minimum atomic E-state index is -3.70. The fourth-order valence-corrected chi connectivity index (χ4v) is 5.43. The van der Waals surface area contributed by atoms with Gasteiger partial charge in [-0.15, -0.1) is 0 Å². The molecule has 26 heavy (non-hydrogen) atoms. The number of hydrogen-bond acceptors (Lipinski definition) is 5. The monoisotopic (exact) mass is 376 g/mol. The molecule has 8 heteroatoms. The highest BCUT2D eigenvalue weighted by molar-refractivity contribution is 7.89. The Balaban J connectivity index is 2.02. The highest BCUT2D eigenvalue weighted by atomic mass is 32.2. The predicted molar refractivity (Wildman–Crippen MR) is 100 cm³/mol. The van der Waals surface area contributed by atoms with Gasteiger partial charge >= 0.3 is 0 Å². The van der Waals surface area contributed by atoms with E-state index in [1.807, 2.05) is 19.9 Å². The summed E-state index contributed by atoms with van der Waals surface area (Å²) in [5, 5.41) is 1.50. The molecule has 7 nitrogen and oxygen atoms in total. The van der Waals surface area contributed by atoms with E-state index in [4.69, 9.17) is 5.73 Å². The molecule has 0 bridgehead atoms. The van der Waals surface area contributed by atoms with Gasteiger partial charge in [-0.3, -0.25) is 9.78 Å². The molecule has 0 aliphatic carbocycles. The first-order valence-electron chi connectivity index (χ1n) is 8.69. The van der Waals surface area contributed by atoms with E-state index in [9.17, 15) is 13.2 Å². The third-order valence-corrected chi connectivity index (χ3v) is 7.00. The lowest BCUT2D eigenvalue weighted by Crippen LogP contribution is -2.41. The minimum Gasteiger partial charge on any atom is -0.340 e. The predicted octanol–water partition coefficient (Wildman–Crippen LogP) is 1.11. The van der Waals surface area contributed by atoms with Gasteiger partial charge in [0.15, 0.2) is 0 Å². The quantitative estimate of drug-likeness (QED) is 0.866. The molecule has 0 radical (unpaired) electrons. The Morgan fingerprint density at radius 3 is 2.77 bits per heavy atom. The van der Waals surface area contributed by atoms with E-state index in [0.29, 0.717) is 29.8 Å². The summed E-state index contributed by atoms with van der Waals surface area (Å²) in [6.07, 6.45) is 3.93. The molecule has 1 atom stereocenters. The molecule has 1 aliphatic rings. The summed E-state index contributed by atoms with van der Waals surface area (Å²) >= 11 is 0. The number of rotatable bonds is 3. The van der Waals surface area contributed by atoms with Gasteiger partial charge in [-0.25, -0.2) is 8.42 Å². The molecule has 1 fully saturated rings. The van der Waals surface area contributed by atoms with Gasteiger partial charge in [-0.05, 0) is 31.9 Å². The topological polar surface area (TPSA) is 96.6 Å². The minimum absolute atomic E-state index is 0.0589. The number of carbonyl (C=O) groups is 1. The first-order chi connectivity index (χ1) is 12.4. The van der Waals surface area contributed by atoms with Crippen LogP contribution in [0.5, 0.6) is 0 Å². The number of sulfonamides is 1. The molecule has 2 N–H and O–H groups in total. The number of pyridine rings is 1. The van der Waals surface area contributed by atoms with E-state index in [-0.39, 0.29) is 25.0 Å². The van der Waals surface area contributed by atoms with Gasteiger partial charge in [0.2, 0.25) is 15.9 Å². The number of aryl methyl sites for hydroxylation is 1. The van der Waals surface area contributed by atoms with E-state index in [0.717, 1.165) is 10.9 Å². The zero-order valence-corrected chi connectivity index (χ0v) is 15.9. The van der Waals surface area contributed by atoms with Crippen molar-refractivity contribution in [2.75, 3.05) is 26.2 Å².